The van der Waals surface area contributed by atoms with Crippen LogP contribution < -0.4 is 10.2 Å². The molecule has 0 amide bonds. The van der Waals surface area contributed by atoms with Gasteiger partial charge in [-0.15, -0.1) is 0 Å². The third kappa shape index (κ3) is 3.85. The molecular weight excluding hydrogens is 256 g/mol. The van der Waals surface area contributed by atoms with Gasteiger partial charge in [0.2, 0.25) is 0 Å². The van der Waals surface area contributed by atoms with E-state index in [-0.39, 0.29) is 0 Å². The average Bonchev–Trinajstić information content (AvgIpc) is 2.53. The second-order valence-electron chi connectivity index (χ2n) is 5.58. The van der Waals surface area contributed by atoms with Crippen LogP contribution in [0.1, 0.15) is 31.9 Å². The maximum absolute atomic E-state index is 3.52. The first-order valence-corrected chi connectivity index (χ1v) is 7.76. The first-order chi connectivity index (χ1) is 10.2. The van der Waals surface area contributed by atoms with Gasteiger partial charge >= 0.3 is 0 Å². The fourth-order valence-electron chi connectivity index (χ4n) is 2.60. The van der Waals surface area contributed by atoms with Crippen LogP contribution in [-0.2, 0) is 0 Å². The van der Waals surface area contributed by atoms with Crippen molar-refractivity contribution in [3.05, 3.63) is 54.1 Å². The summed E-state index contributed by atoms with van der Waals surface area (Å²) in [4.78, 5) is 2.12. The van der Waals surface area contributed by atoms with Crippen molar-refractivity contribution in [2.24, 2.45) is 0 Å². The summed E-state index contributed by atoms with van der Waals surface area (Å²) in [6.07, 6.45) is 1.12. The predicted molar refractivity (Wildman–Crippen MR) is 92.9 cm³/mol. The molecule has 2 nitrogen and oxygen atoms in total. The van der Waals surface area contributed by atoms with E-state index in [1.807, 2.05) is 0 Å². The Balaban J connectivity index is 2.18. The van der Waals surface area contributed by atoms with E-state index in [1.54, 1.807) is 0 Å². The molecule has 0 spiro atoms. The summed E-state index contributed by atoms with van der Waals surface area (Å²) in [5.74, 6) is 0. The summed E-state index contributed by atoms with van der Waals surface area (Å²) in [7, 11) is 4.13. The normalized spacial score (nSPS) is 12.2. The Hall–Kier alpha value is -1.80. The second kappa shape index (κ2) is 7.28. The van der Waals surface area contributed by atoms with Crippen LogP contribution in [0.4, 0.5) is 5.69 Å². The van der Waals surface area contributed by atoms with Gasteiger partial charge in [0.15, 0.2) is 0 Å². The molecule has 0 saturated carbocycles. The number of hydrogen-bond acceptors (Lipinski definition) is 2. The minimum atomic E-state index is 0.458. The molecule has 2 aromatic carbocycles. The van der Waals surface area contributed by atoms with Crippen LogP contribution in [0, 0.1) is 0 Å². The highest BCUT2D eigenvalue weighted by molar-refractivity contribution is 5.66. The minimum absolute atomic E-state index is 0.458. The zero-order chi connectivity index (χ0) is 15.2. The van der Waals surface area contributed by atoms with Crippen LogP contribution in [0.5, 0.6) is 0 Å². The van der Waals surface area contributed by atoms with E-state index >= 15 is 0 Å². The Labute approximate surface area is 128 Å². The van der Waals surface area contributed by atoms with E-state index in [0.717, 1.165) is 13.0 Å². The Morgan fingerprint density at radius 3 is 1.81 bits per heavy atom. The number of anilines is 1. The van der Waals surface area contributed by atoms with Crippen molar-refractivity contribution in [3.63, 3.8) is 0 Å². The molecule has 1 atom stereocenters. The van der Waals surface area contributed by atoms with Crippen molar-refractivity contribution in [2.75, 3.05) is 25.5 Å². The van der Waals surface area contributed by atoms with Gasteiger partial charge in [0.1, 0.15) is 0 Å². The van der Waals surface area contributed by atoms with Crippen molar-refractivity contribution in [1.29, 1.82) is 0 Å². The van der Waals surface area contributed by atoms with Crippen LogP contribution in [0.3, 0.4) is 0 Å². The van der Waals surface area contributed by atoms with Gasteiger partial charge in [-0.2, -0.15) is 0 Å². The molecule has 21 heavy (non-hydrogen) atoms. The second-order valence-corrected chi connectivity index (χ2v) is 5.58. The highest BCUT2D eigenvalue weighted by Gasteiger charge is 2.07. The quantitative estimate of drug-likeness (QED) is 0.840. The predicted octanol–water partition coefficient (Wildman–Crippen LogP) is 4.48. The Kier molecular flexibility index (Phi) is 5.40. The van der Waals surface area contributed by atoms with Gasteiger partial charge in [0.25, 0.3) is 0 Å². The Morgan fingerprint density at radius 2 is 1.38 bits per heavy atom. The van der Waals surface area contributed by atoms with Crippen LogP contribution in [0.15, 0.2) is 48.5 Å². The molecule has 2 rings (SSSR count). The molecule has 2 heteroatoms. The lowest BCUT2D eigenvalue weighted by molar-refractivity contribution is 0.537. The van der Waals surface area contributed by atoms with E-state index in [1.165, 1.54) is 22.4 Å². The van der Waals surface area contributed by atoms with E-state index in [2.05, 4.69) is 86.7 Å². The zero-order valence-corrected chi connectivity index (χ0v) is 13.6. The SMILES string of the molecule is CCNC(CC)c1ccc(-c2ccc(N(C)C)cc2)cc1. The summed E-state index contributed by atoms with van der Waals surface area (Å²) in [5, 5.41) is 3.52. The topological polar surface area (TPSA) is 15.3 Å². The van der Waals surface area contributed by atoms with Crippen LogP contribution >= 0.6 is 0 Å². The fraction of sp³-hybridized carbons (Fsp3) is 0.368. The van der Waals surface area contributed by atoms with Crippen molar-refractivity contribution >= 4 is 5.69 Å². The van der Waals surface area contributed by atoms with Crippen molar-refractivity contribution in [3.8, 4) is 11.1 Å². The molecule has 0 heterocycles. The van der Waals surface area contributed by atoms with Crippen molar-refractivity contribution in [2.45, 2.75) is 26.3 Å². The first kappa shape index (κ1) is 15.6. The molecule has 2 aromatic rings. The summed E-state index contributed by atoms with van der Waals surface area (Å²) in [5.41, 5.74) is 5.14. The van der Waals surface area contributed by atoms with Crippen LogP contribution in [0.2, 0.25) is 0 Å². The van der Waals surface area contributed by atoms with Gasteiger partial charge in [-0.25, -0.2) is 0 Å². The largest absolute Gasteiger partial charge is 0.378 e. The number of hydrogen-bond donors (Lipinski definition) is 1. The lowest BCUT2D eigenvalue weighted by atomic mass is 9.99. The molecule has 0 bridgehead atoms. The van der Waals surface area contributed by atoms with Gasteiger partial charge < -0.3 is 10.2 Å². The average molecular weight is 282 g/mol. The smallest absolute Gasteiger partial charge is 0.0361 e. The van der Waals surface area contributed by atoms with Gasteiger partial charge in [0.05, 0.1) is 0 Å². The molecule has 1 unspecified atom stereocenters. The molecule has 112 valence electrons. The first-order valence-electron chi connectivity index (χ1n) is 7.76. The van der Waals surface area contributed by atoms with Crippen LogP contribution in [0.25, 0.3) is 11.1 Å². The van der Waals surface area contributed by atoms with Gasteiger partial charge in [-0.3, -0.25) is 0 Å². The molecule has 0 aromatic heterocycles. The fourth-order valence-corrected chi connectivity index (χ4v) is 2.60. The monoisotopic (exact) mass is 282 g/mol. The lowest BCUT2D eigenvalue weighted by Gasteiger charge is -2.17. The zero-order valence-electron chi connectivity index (χ0n) is 13.6. The van der Waals surface area contributed by atoms with Crippen LogP contribution in [-0.4, -0.2) is 20.6 Å². The number of nitrogens with zero attached hydrogens (tertiary/aromatic N) is 1. The maximum atomic E-state index is 3.52. The van der Waals surface area contributed by atoms with Gasteiger partial charge in [0, 0.05) is 25.8 Å². The standard InChI is InChI=1S/C19H26N2/c1-5-19(20-6-2)17-9-7-15(8-10-17)16-11-13-18(14-12-16)21(3)4/h7-14,19-20H,5-6H2,1-4H3. The molecule has 0 radical (unpaired) electrons. The summed E-state index contributed by atoms with van der Waals surface area (Å²) >= 11 is 0. The summed E-state index contributed by atoms with van der Waals surface area (Å²) in [6.45, 7) is 5.39. The summed E-state index contributed by atoms with van der Waals surface area (Å²) in [6, 6.07) is 18.1. The molecular formula is C19H26N2. The van der Waals surface area contributed by atoms with E-state index in [0.29, 0.717) is 6.04 Å². The molecule has 0 aliphatic rings. The number of rotatable bonds is 6. The Morgan fingerprint density at radius 1 is 0.857 bits per heavy atom. The van der Waals surface area contributed by atoms with Gasteiger partial charge in [-0.1, -0.05) is 50.2 Å². The molecule has 0 aliphatic heterocycles. The highest BCUT2D eigenvalue weighted by atomic mass is 15.1. The van der Waals surface area contributed by atoms with Crippen molar-refractivity contribution < 1.29 is 0 Å². The van der Waals surface area contributed by atoms with E-state index < -0.39 is 0 Å². The highest BCUT2D eigenvalue weighted by Crippen LogP contribution is 2.25. The molecule has 0 saturated heterocycles. The number of benzene rings is 2. The molecule has 0 fully saturated rings. The Bertz CT molecular complexity index is 541. The maximum Gasteiger partial charge on any atom is 0.0361 e. The third-order valence-corrected chi connectivity index (χ3v) is 3.89. The van der Waals surface area contributed by atoms with E-state index in [4.69, 9.17) is 0 Å². The van der Waals surface area contributed by atoms with Gasteiger partial charge in [-0.05, 0) is 41.8 Å². The third-order valence-electron chi connectivity index (χ3n) is 3.89. The van der Waals surface area contributed by atoms with E-state index in [9.17, 15) is 0 Å². The number of nitrogens with one attached hydrogen (secondary N) is 1. The lowest BCUT2D eigenvalue weighted by Crippen LogP contribution is -2.19. The molecule has 0 aliphatic carbocycles. The van der Waals surface area contributed by atoms with Crippen molar-refractivity contribution in [1.82, 2.24) is 5.32 Å². The summed E-state index contributed by atoms with van der Waals surface area (Å²) < 4.78 is 0. The molecule has 1 N–H and O–H groups in total. The minimum Gasteiger partial charge on any atom is -0.378 e.